The second-order valence-electron chi connectivity index (χ2n) is 3.88. The lowest BCUT2D eigenvalue weighted by atomic mass is 10.2. The van der Waals surface area contributed by atoms with Crippen molar-refractivity contribution in [1.29, 1.82) is 0 Å². The Morgan fingerprint density at radius 1 is 1.17 bits per heavy atom. The molecule has 0 bridgehead atoms. The zero-order chi connectivity index (χ0) is 13.0. The number of aromatic nitrogens is 1. The van der Waals surface area contributed by atoms with Crippen LogP contribution in [0.5, 0.6) is 0 Å². The Morgan fingerprint density at radius 2 is 1.94 bits per heavy atom. The third-order valence-corrected chi connectivity index (χ3v) is 2.41. The van der Waals surface area contributed by atoms with Crippen molar-refractivity contribution in [3.8, 4) is 0 Å². The molecule has 5 nitrogen and oxygen atoms in total. The molecular formula is C13H15N5. The first-order valence-electron chi connectivity index (χ1n) is 5.53. The molecule has 1 heterocycles. The van der Waals surface area contributed by atoms with Gasteiger partial charge in [-0.1, -0.05) is 18.2 Å². The van der Waals surface area contributed by atoms with Crippen molar-refractivity contribution in [2.75, 3.05) is 5.32 Å². The Hall–Kier alpha value is -2.56. The SMILES string of the molecule is Cc1ccccc1Nc1ccc(N=C(N)N)cn1. The number of para-hydroxylation sites is 1. The van der Waals surface area contributed by atoms with Gasteiger partial charge < -0.3 is 16.8 Å². The molecule has 0 unspecified atom stereocenters. The maximum Gasteiger partial charge on any atom is 0.191 e. The fourth-order valence-electron chi connectivity index (χ4n) is 1.53. The number of anilines is 2. The number of pyridine rings is 1. The number of aliphatic imine (C=N–C) groups is 1. The highest BCUT2D eigenvalue weighted by Gasteiger charge is 1.99. The Morgan fingerprint density at radius 3 is 2.56 bits per heavy atom. The normalized spacial score (nSPS) is 9.83. The fourth-order valence-corrected chi connectivity index (χ4v) is 1.53. The van der Waals surface area contributed by atoms with Gasteiger partial charge in [-0.25, -0.2) is 9.98 Å². The van der Waals surface area contributed by atoms with Gasteiger partial charge in [0.05, 0.1) is 11.9 Å². The molecule has 0 aliphatic carbocycles. The first-order valence-corrected chi connectivity index (χ1v) is 5.53. The molecule has 0 saturated heterocycles. The number of aryl methyl sites for hydroxylation is 1. The van der Waals surface area contributed by atoms with E-state index in [-0.39, 0.29) is 5.96 Å². The molecule has 0 aliphatic heterocycles. The summed E-state index contributed by atoms with van der Waals surface area (Å²) in [5.41, 5.74) is 13.4. The minimum absolute atomic E-state index is 0.0245. The highest BCUT2D eigenvalue weighted by molar-refractivity contribution is 5.79. The Kier molecular flexibility index (Phi) is 3.43. The second kappa shape index (κ2) is 5.18. The highest BCUT2D eigenvalue weighted by Crippen LogP contribution is 2.20. The van der Waals surface area contributed by atoms with Crippen LogP contribution >= 0.6 is 0 Å². The zero-order valence-corrected chi connectivity index (χ0v) is 10.1. The average Bonchev–Trinajstić information content (AvgIpc) is 2.34. The molecule has 0 fully saturated rings. The third-order valence-electron chi connectivity index (χ3n) is 2.41. The minimum Gasteiger partial charge on any atom is -0.370 e. The average molecular weight is 241 g/mol. The van der Waals surface area contributed by atoms with Gasteiger partial charge in [-0.2, -0.15) is 0 Å². The minimum atomic E-state index is 0.0245. The molecule has 18 heavy (non-hydrogen) atoms. The molecule has 1 aromatic heterocycles. The summed E-state index contributed by atoms with van der Waals surface area (Å²) >= 11 is 0. The van der Waals surface area contributed by atoms with Gasteiger partial charge in [0.2, 0.25) is 0 Å². The Labute approximate surface area is 106 Å². The lowest BCUT2D eigenvalue weighted by molar-refractivity contribution is 1.27. The van der Waals surface area contributed by atoms with Gasteiger partial charge in [-0.15, -0.1) is 0 Å². The van der Waals surface area contributed by atoms with Crippen molar-refractivity contribution in [2.24, 2.45) is 16.5 Å². The number of rotatable bonds is 3. The predicted octanol–water partition coefficient (Wildman–Crippen LogP) is 2.04. The van der Waals surface area contributed by atoms with Crippen molar-refractivity contribution >= 4 is 23.2 Å². The highest BCUT2D eigenvalue weighted by atomic mass is 15.0. The number of nitrogens with two attached hydrogens (primary N) is 2. The van der Waals surface area contributed by atoms with Gasteiger partial charge in [-0.3, -0.25) is 0 Å². The van der Waals surface area contributed by atoms with E-state index < -0.39 is 0 Å². The summed E-state index contributed by atoms with van der Waals surface area (Å²) in [7, 11) is 0. The maximum absolute atomic E-state index is 5.29. The largest absolute Gasteiger partial charge is 0.370 e. The molecule has 0 radical (unpaired) electrons. The second-order valence-corrected chi connectivity index (χ2v) is 3.88. The van der Waals surface area contributed by atoms with Crippen LogP contribution < -0.4 is 16.8 Å². The van der Waals surface area contributed by atoms with Crippen molar-refractivity contribution in [3.05, 3.63) is 48.2 Å². The van der Waals surface area contributed by atoms with Crippen LogP contribution in [-0.2, 0) is 0 Å². The molecule has 92 valence electrons. The van der Waals surface area contributed by atoms with Crippen molar-refractivity contribution in [3.63, 3.8) is 0 Å². The molecule has 0 spiro atoms. The van der Waals surface area contributed by atoms with Crippen molar-refractivity contribution in [2.45, 2.75) is 6.92 Å². The smallest absolute Gasteiger partial charge is 0.191 e. The lowest BCUT2D eigenvalue weighted by Gasteiger charge is -2.08. The van der Waals surface area contributed by atoms with Crippen LogP contribution in [0.1, 0.15) is 5.56 Å². The maximum atomic E-state index is 5.29. The summed E-state index contributed by atoms with van der Waals surface area (Å²) in [6.45, 7) is 2.04. The molecule has 0 atom stereocenters. The van der Waals surface area contributed by atoms with Crippen LogP contribution in [0.3, 0.4) is 0 Å². The summed E-state index contributed by atoms with van der Waals surface area (Å²) in [6.07, 6.45) is 1.61. The molecule has 2 rings (SSSR count). The Bertz CT molecular complexity index is 556. The van der Waals surface area contributed by atoms with Crippen LogP contribution in [0.4, 0.5) is 17.2 Å². The van der Waals surface area contributed by atoms with Crippen LogP contribution in [0.2, 0.25) is 0 Å². The van der Waals surface area contributed by atoms with Crippen molar-refractivity contribution < 1.29 is 0 Å². The van der Waals surface area contributed by atoms with Crippen LogP contribution in [0, 0.1) is 6.92 Å². The van der Waals surface area contributed by atoms with E-state index in [1.54, 1.807) is 12.3 Å². The number of hydrogen-bond donors (Lipinski definition) is 3. The topological polar surface area (TPSA) is 89.3 Å². The van der Waals surface area contributed by atoms with E-state index in [4.69, 9.17) is 11.5 Å². The van der Waals surface area contributed by atoms with E-state index in [1.807, 2.05) is 37.3 Å². The van der Waals surface area contributed by atoms with Gasteiger partial charge in [0, 0.05) is 5.69 Å². The molecule has 1 aromatic carbocycles. The van der Waals surface area contributed by atoms with E-state index in [9.17, 15) is 0 Å². The molecule has 0 saturated carbocycles. The van der Waals surface area contributed by atoms with Gasteiger partial charge in [0.15, 0.2) is 5.96 Å². The number of benzene rings is 1. The predicted molar refractivity (Wildman–Crippen MR) is 74.2 cm³/mol. The molecule has 0 aliphatic rings. The summed E-state index contributed by atoms with van der Waals surface area (Å²) in [5.74, 6) is 0.773. The summed E-state index contributed by atoms with van der Waals surface area (Å²) in [6, 6.07) is 11.6. The third kappa shape index (κ3) is 2.98. The van der Waals surface area contributed by atoms with Gasteiger partial charge in [0.1, 0.15) is 5.82 Å². The van der Waals surface area contributed by atoms with Gasteiger partial charge >= 0.3 is 0 Å². The first kappa shape index (κ1) is 11.9. The lowest BCUT2D eigenvalue weighted by Crippen LogP contribution is -2.21. The zero-order valence-electron chi connectivity index (χ0n) is 10.1. The van der Waals surface area contributed by atoms with Crippen LogP contribution in [-0.4, -0.2) is 10.9 Å². The summed E-state index contributed by atoms with van der Waals surface area (Å²) in [5, 5.41) is 3.23. The molecular weight excluding hydrogens is 226 g/mol. The number of nitrogens with one attached hydrogen (secondary N) is 1. The molecule has 0 amide bonds. The molecule has 5 heteroatoms. The number of guanidine groups is 1. The monoisotopic (exact) mass is 241 g/mol. The van der Waals surface area contributed by atoms with E-state index in [1.165, 1.54) is 0 Å². The Balaban J connectivity index is 2.16. The van der Waals surface area contributed by atoms with Crippen molar-refractivity contribution in [1.82, 2.24) is 4.98 Å². The van der Waals surface area contributed by atoms with Crippen LogP contribution in [0.15, 0.2) is 47.6 Å². The summed E-state index contributed by atoms with van der Waals surface area (Å²) in [4.78, 5) is 8.15. The van der Waals surface area contributed by atoms with E-state index in [0.717, 1.165) is 17.1 Å². The van der Waals surface area contributed by atoms with E-state index in [0.29, 0.717) is 5.69 Å². The molecule has 5 N–H and O–H groups in total. The fraction of sp³-hybridized carbons (Fsp3) is 0.0769. The molecule has 2 aromatic rings. The quantitative estimate of drug-likeness (QED) is 0.566. The number of nitrogens with zero attached hydrogens (tertiary/aromatic N) is 2. The number of hydrogen-bond acceptors (Lipinski definition) is 3. The van der Waals surface area contributed by atoms with Gasteiger partial charge in [-0.05, 0) is 30.7 Å². The van der Waals surface area contributed by atoms with E-state index in [2.05, 4.69) is 15.3 Å². The van der Waals surface area contributed by atoms with Gasteiger partial charge in [0.25, 0.3) is 0 Å². The standard InChI is InChI=1S/C13H15N5/c1-9-4-2-3-5-11(9)18-12-7-6-10(8-16-12)17-13(14)15/h2-8H,1H3,(H,16,18)(H4,14,15,17). The van der Waals surface area contributed by atoms with E-state index >= 15 is 0 Å². The summed E-state index contributed by atoms with van der Waals surface area (Å²) < 4.78 is 0. The van der Waals surface area contributed by atoms with Crippen LogP contribution in [0.25, 0.3) is 0 Å². The first-order chi connectivity index (χ1) is 8.65.